The highest BCUT2D eigenvalue weighted by Gasteiger charge is 2.38. The van der Waals surface area contributed by atoms with Gasteiger partial charge in [-0.2, -0.15) is 4.79 Å². The maximum absolute atomic E-state index is 12.4. The molecule has 3 amide bonds. The summed E-state index contributed by atoms with van der Waals surface area (Å²) in [7, 11) is 3.33. The van der Waals surface area contributed by atoms with Crippen LogP contribution in [0.4, 0.5) is 10.5 Å². The van der Waals surface area contributed by atoms with Gasteiger partial charge in [0.25, 0.3) is 0 Å². The molecule has 0 spiro atoms. The van der Waals surface area contributed by atoms with Crippen molar-refractivity contribution in [2.24, 2.45) is 0 Å². The monoisotopic (exact) mass is 476 g/mol. The van der Waals surface area contributed by atoms with Crippen molar-refractivity contribution in [1.82, 2.24) is 4.90 Å². The van der Waals surface area contributed by atoms with Crippen LogP contribution in [0.3, 0.4) is 0 Å². The Morgan fingerprint density at radius 1 is 1.22 bits per heavy atom. The Morgan fingerprint density at radius 3 is 2.62 bits per heavy atom. The average molecular weight is 477 g/mol. The number of urea groups is 1. The standard InChI is InChI=1S/C23H26ClN3O4S/c1-23(2)19-15-17(9-12-20(19)25-21(23)28)30-14-6-5-13-27(22(29)26(3)4)31-32-18-10-7-16(24)8-11-18/h7-13,15H,5-6,14H2,1-4H3/p+1. The molecule has 0 radical (unpaired) electrons. The van der Waals surface area contributed by atoms with Crippen LogP contribution in [-0.2, 0) is 14.5 Å². The van der Waals surface area contributed by atoms with Crippen LogP contribution in [0.5, 0.6) is 5.75 Å². The molecular weight excluding hydrogens is 450 g/mol. The summed E-state index contributed by atoms with van der Waals surface area (Å²) >= 11 is 6.98. The predicted octanol–water partition coefficient (Wildman–Crippen LogP) is 5.13. The predicted molar refractivity (Wildman–Crippen MR) is 127 cm³/mol. The minimum absolute atomic E-state index is 0.0126. The summed E-state index contributed by atoms with van der Waals surface area (Å²) in [4.78, 5) is 26.7. The molecule has 1 N–H and O–H groups in total. The highest BCUT2D eigenvalue weighted by molar-refractivity contribution is 7.94. The number of halogens is 1. The Balaban J connectivity index is 1.54. The van der Waals surface area contributed by atoms with E-state index in [1.807, 2.05) is 44.2 Å². The van der Waals surface area contributed by atoms with E-state index in [0.29, 0.717) is 30.2 Å². The van der Waals surface area contributed by atoms with Crippen molar-refractivity contribution in [3.63, 3.8) is 0 Å². The van der Waals surface area contributed by atoms with Crippen molar-refractivity contribution in [1.29, 1.82) is 0 Å². The molecule has 170 valence electrons. The topological polar surface area (TPSA) is 70.9 Å². The number of hydrogen-bond acceptors (Lipinski definition) is 5. The molecule has 1 aliphatic rings. The third-order valence-corrected chi connectivity index (χ3v) is 5.94. The zero-order chi connectivity index (χ0) is 23.3. The molecule has 1 heterocycles. The number of nitrogens with zero attached hydrogens (tertiary/aromatic N) is 2. The van der Waals surface area contributed by atoms with Crippen molar-refractivity contribution >= 4 is 47.5 Å². The molecule has 0 saturated heterocycles. The summed E-state index contributed by atoms with van der Waals surface area (Å²) in [5.41, 5.74) is 1.19. The lowest BCUT2D eigenvalue weighted by Crippen LogP contribution is -2.32. The van der Waals surface area contributed by atoms with Crippen LogP contribution >= 0.6 is 23.6 Å². The van der Waals surface area contributed by atoms with Crippen LogP contribution in [0.2, 0.25) is 5.02 Å². The molecule has 0 atom stereocenters. The van der Waals surface area contributed by atoms with E-state index in [4.69, 9.17) is 20.6 Å². The van der Waals surface area contributed by atoms with Gasteiger partial charge in [0.2, 0.25) is 5.91 Å². The fraction of sp³-hybridized carbons (Fsp3) is 0.348. The SMILES string of the molecule is CN(C)C(=O)[N+](=CCCCOc1ccc2c(c1)C(C)(C)C(=O)N2)OSc1ccc(Cl)cc1. The average Bonchev–Trinajstić information content (AvgIpc) is 2.99. The maximum atomic E-state index is 12.4. The van der Waals surface area contributed by atoms with Crippen molar-refractivity contribution < 1.29 is 23.3 Å². The van der Waals surface area contributed by atoms with E-state index in [1.54, 1.807) is 32.4 Å². The molecule has 3 rings (SSSR count). The molecule has 32 heavy (non-hydrogen) atoms. The van der Waals surface area contributed by atoms with Crippen molar-refractivity contribution in [3.8, 4) is 5.75 Å². The molecule has 7 nitrogen and oxygen atoms in total. The number of fused-ring (bicyclic) bond motifs is 1. The van der Waals surface area contributed by atoms with Crippen LogP contribution < -0.4 is 10.1 Å². The summed E-state index contributed by atoms with van der Waals surface area (Å²) in [6.45, 7) is 4.25. The first-order chi connectivity index (χ1) is 15.2. The molecule has 0 fully saturated rings. The number of unbranched alkanes of at least 4 members (excludes halogenated alkanes) is 1. The molecule has 2 aromatic carbocycles. The fourth-order valence-corrected chi connectivity index (χ4v) is 3.70. The molecule has 1 aliphatic heterocycles. The van der Waals surface area contributed by atoms with Crippen LogP contribution in [0.15, 0.2) is 47.4 Å². The third-order valence-electron chi connectivity index (χ3n) is 4.99. The lowest BCUT2D eigenvalue weighted by Gasteiger charge is -2.16. The quantitative estimate of drug-likeness (QED) is 0.188. The van der Waals surface area contributed by atoms with Gasteiger partial charge < -0.3 is 10.1 Å². The van der Waals surface area contributed by atoms with Gasteiger partial charge in [-0.3, -0.25) is 9.08 Å². The number of rotatable bonds is 8. The summed E-state index contributed by atoms with van der Waals surface area (Å²) in [5.74, 6) is 0.700. The van der Waals surface area contributed by atoms with Gasteiger partial charge in [0.15, 0.2) is 0 Å². The zero-order valence-electron chi connectivity index (χ0n) is 18.6. The molecule has 9 heteroatoms. The Hall–Kier alpha value is -2.71. The summed E-state index contributed by atoms with van der Waals surface area (Å²) in [6, 6.07) is 12.5. The Kier molecular flexibility index (Phi) is 7.69. The van der Waals surface area contributed by atoms with Gasteiger partial charge in [0.1, 0.15) is 24.0 Å². The molecule has 0 bridgehead atoms. The van der Waals surface area contributed by atoms with E-state index in [-0.39, 0.29) is 11.9 Å². The normalized spacial score (nSPS) is 14.5. The number of carbonyl (C=O) groups is 2. The molecule has 0 aromatic heterocycles. The molecular formula is C23H27ClN3O4S+. The number of carbonyl (C=O) groups excluding carboxylic acids is 2. The highest BCUT2D eigenvalue weighted by Crippen LogP contribution is 2.39. The number of hydroxylamine groups is 1. The van der Waals surface area contributed by atoms with E-state index < -0.39 is 5.41 Å². The number of benzene rings is 2. The van der Waals surface area contributed by atoms with E-state index in [9.17, 15) is 9.59 Å². The first kappa shape index (κ1) is 23.9. The van der Waals surface area contributed by atoms with Gasteiger partial charge in [-0.25, -0.2) is 4.90 Å². The molecule has 0 aliphatic carbocycles. The molecule has 0 saturated carbocycles. The van der Waals surface area contributed by atoms with Gasteiger partial charge in [0, 0.05) is 17.1 Å². The highest BCUT2D eigenvalue weighted by atomic mass is 35.5. The lowest BCUT2D eigenvalue weighted by molar-refractivity contribution is -0.663. The first-order valence-corrected chi connectivity index (χ1v) is 11.3. The number of anilines is 1. The van der Waals surface area contributed by atoms with E-state index >= 15 is 0 Å². The van der Waals surface area contributed by atoms with Crippen LogP contribution in [0.1, 0.15) is 32.3 Å². The number of amides is 3. The van der Waals surface area contributed by atoms with Crippen molar-refractivity contribution in [2.45, 2.75) is 37.0 Å². The van der Waals surface area contributed by atoms with Crippen molar-refractivity contribution in [2.75, 3.05) is 26.0 Å². The van der Waals surface area contributed by atoms with Crippen molar-refractivity contribution in [3.05, 3.63) is 53.1 Å². The van der Waals surface area contributed by atoms with Crippen LogP contribution in [-0.4, -0.2) is 48.5 Å². The Bertz CT molecular complexity index is 1020. The largest absolute Gasteiger partial charge is 0.532 e. The summed E-state index contributed by atoms with van der Waals surface area (Å²) in [6.07, 6.45) is 2.96. The van der Waals surface area contributed by atoms with Gasteiger partial charge in [-0.15, -0.1) is 0 Å². The second-order valence-corrected chi connectivity index (χ2v) is 9.30. The lowest BCUT2D eigenvalue weighted by atomic mass is 9.86. The number of hydrogen-bond donors (Lipinski definition) is 1. The number of nitrogens with one attached hydrogen (secondary N) is 1. The van der Waals surface area contributed by atoms with E-state index in [1.165, 1.54) is 9.64 Å². The van der Waals surface area contributed by atoms with Gasteiger partial charge in [-0.1, -0.05) is 11.6 Å². The van der Waals surface area contributed by atoms with Crippen LogP contribution in [0, 0.1) is 0 Å². The van der Waals surface area contributed by atoms with E-state index in [0.717, 1.165) is 28.2 Å². The van der Waals surface area contributed by atoms with Gasteiger partial charge in [-0.05, 0) is 73.0 Å². The van der Waals surface area contributed by atoms with E-state index in [2.05, 4.69) is 5.32 Å². The molecule has 0 unspecified atom stereocenters. The minimum atomic E-state index is -0.575. The maximum Gasteiger partial charge on any atom is 0.532 e. The number of ether oxygens (including phenoxy) is 1. The third kappa shape index (κ3) is 5.75. The minimum Gasteiger partial charge on any atom is -0.494 e. The zero-order valence-corrected chi connectivity index (χ0v) is 20.1. The second kappa shape index (κ2) is 10.3. The second-order valence-electron chi connectivity index (χ2n) is 8.07. The fourth-order valence-electron chi connectivity index (χ4n) is 3.03. The summed E-state index contributed by atoms with van der Waals surface area (Å²) < 4.78 is 12.7. The smallest absolute Gasteiger partial charge is 0.494 e. The van der Waals surface area contributed by atoms with Gasteiger partial charge >= 0.3 is 6.03 Å². The molecule has 2 aromatic rings. The Morgan fingerprint density at radius 2 is 1.94 bits per heavy atom. The van der Waals surface area contributed by atoms with Crippen LogP contribution in [0.25, 0.3) is 0 Å². The van der Waals surface area contributed by atoms with Gasteiger partial charge in [0.05, 0.1) is 31.0 Å². The summed E-state index contributed by atoms with van der Waals surface area (Å²) in [5, 5.41) is 3.52. The first-order valence-electron chi connectivity index (χ1n) is 10.2. The Labute approximate surface area is 197 Å².